The van der Waals surface area contributed by atoms with Crippen LogP contribution < -0.4 is 10.1 Å². The van der Waals surface area contributed by atoms with Crippen molar-refractivity contribution in [2.45, 2.75) is 26.0 Å². The van der Waals surface area contributed by atoms with Crippen molar-refractivity contribution < 1.29 is 23.1 Å². The third-order valence-corrected chi connectivity index (χ3v) is 5.34. The second-order valence-corrected chi connectivity index (χ2v) is 7.65. The molecule has 1 unspecified atom stereocenters. The van der Waals surface area contributed by atoms with E-state index >= 15 is 0 Å². The molecule has 0 spiro atoms. The van der Waals surface area contributed by atoms with Crippen LogP contribution in [0.15, 0.2) is 66.7 Å². The van der Waals surface area contributed by atoms with E-state index in [1.54, 1.807) is 48.2 Å². The number of carbonyl (C=O) groups excluding carboxylic acids is 2. The predicted octanol–water partition coefficient (Wildman–Crippen LogP) is 4.57. The summed E-state index contributed by atoms with van der Waals surface area (Å²) in [5.74, 6) is -1.07. The normalized spacial score (nSPS) is 15.5. The van der Waals surface area contributed by atoms with Crippen molar-refractivity contribution in [3.63, 3.8) is 0 Å². The standard InChI is InChI=1S/C25H22F2N2O3/c1-16-25(31)29(13-12-17-6-8-19(26)9-7-17)15-18-14-20(10-11-23(18)32-16)28-24(30)21-4-2-3-5-22(21)27/h2-11,14,16H,12-13,15H2,1H3,(H,28,30). The van der Waals surface area contributed by atoms with Gasteiger partial charge in [0.2, 0.25) is 0 Å². The van der Waals surface area contributed by atoms with Gasteiger partial charge >= 0.3 is 0 Å². The van der Waals surface area contributed by atoms with Crippen molar-refractivity contribution in [2.24, 2.45) is 0 Å². The van der Waals surface area contributed by atoms with Crippen LogP contribution in [0.4, 0.5) is 14.5 Å². The summed E-state index contributed by atoms with van der Waals surface area (Å²) in [4.78, 5) is 26.9. The summed E-state index contributed by atoms with van der Waals surface area (Å²) in [6.45, 7) is 2.42. The van der Waals surface area contributed by atoms with Crippen molar-refractivity contribution in [1.29, 1.82) is 0 Å². The van der Waals surface area contributed by atoms with Crippen LogP contribution in [-0.2, 0) is 17.8 Å². The molecule has 0 fully saturated rings. The van der Waals surface area contributed by atoms with Gasteiger partial charge in [-0.2, -0.15) is 0 Å². The summed E-state index contributed by atoms with van der Waals surface area (Å²) in [5.41, 5.74) is 2.07. The summed E-state index contributed by atoms with van der Waals surface area (Å²) >= 11 is 0. The maximum atomic E-state index is 13.9. The van der Waals surface area contributed by atoms with E-state index in [9.17, 15) is 18.4 Å². The second kappa shape index (κ2) is 9.18. The maximum absolute atomic E-state index is 13.9. The summed E-state index contributed by atoms with van der Waals surface area (Å²) in [6, 6.07) is 17.0. The quantitative estimate of drug-likeness (QED) is 0.638. The third-order valence-electron chi connectivity index (χ3n) is 5.34. The molecule has 32 heavy (non-hydrogen) atoms. The SMILES string of the molecule is CC1Oc2ccc(NC(=O)c3ccccc3F)cc2CN(CCc2ccc(F)cc2)C1=O. The summed E-state index contributed by atoms with van der Waals surface area (Å²) in [5, 5.41) is 2.70. The fourth-order valence-corrected chi connectivity index (χ4v) is 3.63. The number of nitrogens with zero attached hydrogens (tertiary/aromatic N) is 1. The first-order valence-corrected chi connectivity index (χ1v) is 10.3. The lowest BCUT2D eigenvalue weighted by Gasteiger charge is -2.22. The third kappa shape index (κ3) is 4.77. The lowest BCUT2D eigenvalue weighted by molar-refractivity contribution is -0.137. The van der Waals surface area contributed by atoms with Gasteiger partial charge < -0.3 is 15.0 Å². The van der Waals surface area contributed by atoms with Crippen LogP contribution in [-0.4, -0.2) is 29.4 Å². The fraction of sp³-hybridized carbons (Fsp3) is 0.200. The molecule has 1 aliphatic rings. The highest BCUT2D eigenvalue weighted by Gasteiger charge is 2.28. The topological polar surface area (TPSA) is 58.6 Å². The minimum Gasteiger partial charge on any atom is -0.481 e. The molecule has 0 saturated carbocycles. The number of hydrogen-bond donors (Lipinski definition) is 1. The van der Waals surface area contributed by atoms with Crippen molar-refractivity contribution >= 4 is 17.5 Å². The Labute approximate surface area is 184 Å². The number of amides is 2. The number of hydrogen-bond acceptors (Lipinski definition) is 3. The first-order chi connectivity index (χ1) is 15.4. The van der Waals surface area contributed by atoms with E-state index in [-0.39, 0.29) is 17.3 Å². The lowest BCUT2D eigenvalue weighted by Crippen LogP contribution is -2.39. The predicted molar refractivity (Wildman–Crippen MR) is 116 cm³/mol. The first-order valence-electron chi connectivity index (χ1n) is 10.3. The van der Waals surface area contributed by atoms with Crippen LogP contribution in [0, 0.1) is 11.6 Å². The fourth-order valence-electron chi connectivity index (χ4n) is 3.63. The van der Waals surface area contributed by atoms with Gasteiger partial charge in [0.1, 0.15) is 17.4 Å². The number of ether oxygens (including phenoxy) is 1. The molecule has 164 valence electrons. The number of halogens is 2. The molecule has 0 saturated heterocycles. The Morgan fingerprint density at radius 1 is 1.09 bits per heavy atom. The average molecular weight is 436 g/mol. The van der Waals surface area contributed by atoms with E-state index in [1.165, 1.54) is 30.3 Å². The van der Waals surface area contributed by atoms with Gasteiger partial charge in [0.05, 0.1) is 5.56 Å². The Morgan fingerprint density at radius 3 is 2.59 bits per heavy atom. The molecule has 3 aromatic rings. The smallest absolute Gasteiger partial charge is 0.263 e. The number of fused-ring (bicyclic) bond motifs is 1. The van der Waals surface area contributed by atoms with Crippen LogP contribution in [0.5, 0.6) is 5.75 Å². The number of benzene rings is 3. The van der Waals surface area contributed by atoms with Gasteiger partial charge in [-0.3, -0.25) is 9.59 Å². The summed E-state index contributed by atoms with van der Waals surface area (Å²) < 4.78 is 32.9. The Balaban J connectivity index is 1.52. The zero-order chi connectivity index (χ0) is 22.7. The largest absolute Gasteiger partial charge is 0.481 e. The molecule has 0 radical (unpaired) electrons. The zero-order valence-corrected chi connectivity index (χ0v) is 17.5. The molecule has 1 atom stereocenters. The number of rotatable bonds is 5. The minimum absolute atomic E-state index is 0.0524. The molecular weight excluding hydrogens is 414 g/mol. The second-order valence-electron chi connectivity index (χ2n) is 7.65. The van der Waals surface area contributed by atoms with E-state index in [4.69, 9.17) is 4.74 Å². The van der Waals surface area contributed by atoms with Crippen LogP contribution in [0.1, 0.15) is 28.4 Å². The minimum atomic E-state index is -0.664. The van der Waals surface area contributed by atoms with Gasteiger partial charge in [-0.25, -0.2) is 8.78 Å². The van der Waals surface area contributed by atoms with Gasteiger partial charge in [0.15, 0.2) is 6.10 Å². The van der Waals surface area contributed by atoms with Crippen LogP contribution in [0.3, 0.4) is 0 Å². The van der Waals surface area contributed by atoms with Crippen LogP contribution in [0.2, 0.25) is 0 Å². The Hall–Kier alpha value is -3.74. The molecule has 0 aromatic heterocycles. The molecule has 4 rings (SSSR count). The van der Waals surface area contributed by atoms with E-state index in [0.29, 0.717) is 30.9 Å². The molecule has 0 aliphatic carbocycles. The summed E-state index contributed by atoms with van der Waals surface area (Å²) in [7, 11) is 0. The highest BCUT2D eigenvalue weighted by Crippen LogP contribution is 2.29. The highest BCUT2D eigenvalue weighted by molar-refractivity contribution is 6.04. The van der Waals surface area contributed by atoms with Crippen LogP contribution >= 0.6 is 0 Å². The molecule has 1 N–H and O–H groups in total. The van der Waals surface area contributed by atoms with Crippen molar-refractivity contribution in [1.82, 2.24) is 4.90 Å². The number of carbonyl (C=O) groups is 2. The van der Waals surface area contributed by atoms with Gasteiger partial charge in [0, 0.05) is 24.3 Å². The Kier molecular flexibility index (Phi) is 6.16. The molecule has 1 heterocycles. The van der Waals surface area contributed by atoms with Crippen LogP contribution in [0.25, 0.3) is 0 Å². The van der Waals surface area contributed by atoms with Gasteiger partial charge in [0.25, 0.3) is 11.8 Å². The molecule has 5 nitrogen and oxygen atoms in total. The average Bonchev–Trinajstić information content (AvgIpc) is 2.90. The van der Waals surface area contributed by atoms with Gasteiger partial charge in [-0.1, -0.05) is 24.3 Å². The number of anilines is 1. The zero-order valence-electron chi connectivity index (χ0n) is 17.5. The van der Waals surface area contributed by atoms with Gasteiger partial charge in [-0.05, 0) is 61.4 Å². The monoisotopic (exact) mass is 436 g/mol. The molecule has 3 aromatic carbocycles. The number of nitrogens with one attached hydrogen (secondary N) is 1. The molecule has 0 bridgehead atoms. The summed E-state index contributed by atoms with van der Waals surface area (Å²) in [6.07, 6.45) is -0.0963. The van der Waals surface area contributed by atoms with E-state index < -0.39 is 17.8 Å². The molecule has 1 aliphatic heterocycles. The Bertz CT molecular complexity index is 1150. The van der Waals surface area contributed by atoms with Crippen molar-refractivity contribution in [2.75, 3.05) is 11.9 Å². The van der Waals surface area contributed by atoms with Crippen molar-refractivity contribution in [3.05, 3.63) is 95.1 Å². The van der Waals surface area contributed by atoms with E-state index in [1.807, 2.05) is 0 Å². The molecule has 7 heteroatoms. The molecule has 2 amide bonds. The molecular formula is C25H22F2N2O3. The lowest BCUT2D eigenvalue weighted by atomic mass is 10.1. The van der Waals surface area contributed by atoms with Crippen molar-refractivity contribution in [3.8, 4) is 5.75 Å². The Morgan fingerprint density at radius 2 is 1.84 bits per heavy atom. The first kappa shape index (κ1) is 21.5. The van der Waals surface area contributed by atoms with E-state index in [0.717, 1.165) is 11.1 Å². The maximum Gasteiger partial charge on any atom is 0.263 e. The van der Waals surface area contributed by atoms with E-state index in [2.05, 4.69) is 5.32 Å². The highest BCUT2D eigenvalue weighted by atomic mass is 19.1. The van der Waals surface area contributed by atoms with Gasteiger partial charge in [-0.15, -0.1) is 0 Å².